The average molecular weight is 377 g/mol. The van der Waals surface area contributed by atoms with E-state index in [2.05, 4.69) is 47.4 Å². The number of hydrazone groups is 1. The van der Waals surface area contributed by atoms with E-state index in [4.69, 9.17) is 0 Å². The number of hydrogen-bond acceptors (Lipinski definition) is 5. The lowest BCUT2D eigenvalue weighted by Crippen LogP contribution is -1.90. The number of phenols is 1. The first-order valence-electron chi connectivity index (χ1n) is 4.53. The SMILES string of the molecule is Oc1c(Br)cc(Br)cc1C=NNc1nccs1. The molecule has 0 atom stereocenters. The highest BCUT2D eigenvalue weighted by Crippen LogP contribution is 2.30. The van der Waals surface area contributed by atoms with Crippen molar-refractivity contribution < 1.29 is 5.11 Å². The molecule has 0 saturated heterocycles. The number of nitrogens with one attached hydrogen (secondary N) is 1. The second-order valence-corrected chi connectivity index (χ2v) is 5.70. The maximum absolute atomic E-state index is 9.78. The minimum absolute atomic E-state index is 0.151. The van der Waals surface area contributed by atoms with Crippen molar-refractivity contribution in [2.75, 3.05) is 5.43 Å². The molecule has 0 aliphatic carbocycles. The number of nitrogens with zero attached hydrogens (tertiary/aromatic N) is 2. The summed E-state index contributed by atoms with van der Waals surface area (Å²) in [4.78, 5) is 4.02. The van der Waals surface area contributed by atoms with Crippen molar-refractivity contribution in [2.24, 2.45) is 5.10 Å². The highest BCUT2D eigenvalue weighted by Gasteiger charge is 2.05. The molecule has 1 heterocycles. The molecule has 0 fully saturated rings. The molecule has 2 aromatic rings. The van der Waals surface area contributed by atoms with E-state index in [0.717, 1.165) is 4.47 Å². The Balaban J connectivity index is 2.15. The molecular weight excluding hydrogens is 370 g/mol. The van der Waals surface area contributed by atoms with E-state index in [0.29, 0.717) is 15.2 Å². The lowest BCUT2D eigenvalue weighted by molar-refractivity contribution is 0.471. The molecule has 1 aromatic heterocycles. The Morgan fingerprint density at radius 2 is 2.24 bits per heavy atom. The van der Waals surface area contributed by atoms with Crippen molar-refractivity contribution in [1.82, 2.24) is 4.98 Å². The summed E-state index contributed by atoms with van der Waals surface area (Å²) in [7, 11) is 0. The van der Waals surface area contributed by atoms with Crippen LogP contribution in [0.4, 0.5) is 5.13 Å². The Labute approximate surface area is 119 Å². The molecule has 0 aliphatic rings. The summed E-state index contributed by atoms with van der Waals surface area (Å²) >= 11 is 8.05. The standard InChI is InChI=1S/C10H7Br2N3OS/c11-7-3-6(9(16)8(12)4-7)5-14-15-10-13-1-2-17-10/h1-5,16H,(H,13,15). The van der Waals surface area contributed by atoms with Crippen molar-refractivity contribution >= 4 is 54.5 Å². The van der Waals surface area contributed by atoms with Crippen LogP contribution in [-0.2, 0) is 0 Å². The summed E-state index contributed by atoms with van der Waals surface area (Å²) in [5.74, 6) is 0.151. The topological polar surface area (TPSA) is 57.5 Å². The van der Waals surface area contributed by atoms with Crippen LogP contribution in [0.2, 0.25) is 0 Å². The average Bonchev–Trinajstić information content (AvgIpc) is 2.78. The number of benzene rings is 1. The van der Waals surface area contributed by atoms with Crippen LogP contribution in [0.25, 0.3) is 0 Å². The Hall–Kier alpha value is -0.920. The van der Waals surface area contributed by atoms with Crippen LogP contribution >= 0.6 is 43.2 Å². The molecule has 0 bridgehead atoms. The molecule has 1 aromatic carbocycles. The molecule has 0 aliphatic heterocycles. The Kier molecular flexibility index (Phi) is 4.14. The number of anilines is 1. The predicted octanol–water partition coefficient (Wildman–Crippen LogP) is 3.82. The van der Waals surface area contributed by atoms with Gasteiger partial charge in [0, 0.05) is 21.6 Å². The smallest absolute Gasteiger partial charge is 0.203 e. The number of aromatic nitrogens is 1. The summed E-state index contributed by atoms with van der Waals surface area (Å²) in [6.07, 6.45) is 3.22. The molecule has 0 spiro atoms. The maximum atomic E-state index is 9.78. The fraction of sp³-hybridized carbons (Fsp3) is 0. The van der Waals surface area contributed by atoms with E-state index in [1.54, 1.807) is 18.3 Å². The molecule has 0 unspecified atom stereocenters. The van der Waals surface area contributed by atoms with E-state index in [1.807, 2.05) is 5.38 Å². The summed E-state index contributed by atoms with van der Waals surface area (Å²) in [6, 6.07) is 3.54. The first kappa shape index (κ1) is 12.5. The van der Waals surface area contributed by atoms with Crippen LogP contribution in [0, 0.1) is 0 Å². The lowest BCUT2D eigenvalue weighted by Gasteiger charge is -2.02. The summed E-state index contributed by atoms with van der Waals surface area (Å²) in [5.41, 5.74) is 3.38. The van der Waals surface area contributed by atoms with Crippen molar-refractivity contribution in [3.8, 4) is 5.75 Å². The number of halogens is 2. The second-order valence-electron chi connectivity index (χ2n) is 3.03. The number of hydrogen-bond donors (Lipinski definition) is 2. The van der Waals surface area contributed by atoms with Gasteiger partial charge in [0.15, 0.2) is 0 Å². The first-order valence-corrected chi connectivity index (χ1v) is 7.00. The van der Waals surface area contributed by atoms with Gasteiger partial charge in [0.2, 0.25) is 5.13 Å². The second kappa shape index (κ2) is 5.61. The van der Waals surface area contributed by atoms with Gasteiger partial charge in [0.05, 0.1) is 10.7 Å². The van der Waals surface area contributed by atoms with E-state index < -0.39 is 0 Å². The lowest BCUT2D eigenvalue weighted by atomic mass is 10.2. The third kappa shape index (κ3) is 3.27. The predicted molar refractivity (Wildman–Crippen MR) is 76.8 cm³/mol. The maximum Gasteiger partial charge on any atom is 0.203 e. The van der Waals surface area contributed by atoms with Crippen molar-refractivity contribution in [1.29, 1.82) is 0 Å². The van der Waals surface area contributed by atoms with Gasteiger partial charge in [-0.15, -0.1) is 11.3 Å². The van der Waals surface area contributed by atoms with Crippen LogP contribution in [0.5, 0.6) is 5.75 Å². The highest BCUT2D eigenvalue weighted by molar-refractivity contribution is 9.11. The van der Waals surface area contributed by atoms with Crippen LogP contribution in [0.15, 0.2) is 37.8 Å². The van der Waals surface area contributed by atoms with Gasteiger partial charge in [-0.1, -0.05) is 15.9 Å². The van der Waals surface area contributed by atoms with E-state index in [-0.39, 0.29) is 5.75 Å². The Morgan fingerprint density at radius 3 is 2.94 bits per heavy atom. The van der Waals surface area contributed by atoms with Crippen LogP contribution in [0.3, 0.4) is 0 Å². The van der Waals surface area contributed by atoms with Crippen molar-refractivity contribution in [3.63, 3.8) is 0 Å². The third-order valence-electron chi connectivity index (χ3n) is 1.85. The molecule has 4 nitrogen and oxygen atoms in total. The molecular formula is C10H7Br2N3OS. The van der Waals surface area contributed by atoms with Crippen LogP contribution in [0.1, 0.15) is 5.56 Å². The number of aromatic hydroxyl groups is 1. The molecule has 0 amide bonds. The monoisotopic (exact) mass is 375 g/mol. The molecule has 7 heteroatoms. The Bertz CT molecular complexity index is 543. The Morgan fingerprint density at radius 1 is 1.41 bits per heavy atom. The number of phenolic OH excluding ortho intramolecular Hbond substituents is 1. The van der Waals surface area contributed by atoms with Crippen molar-refractivity contribution in [3.05, 3.63) is 38.2 Å². The van der Waals surface area contributed by atoms with Gasteiger partial charge >= 0.3 is 0 Å². The van der Waals surface area contributed by atoms with E-state index in [1.165, 1.54) is 17.6 Å². The zero-order valence-corrected chi connectivity index (χ0v) is 12.4. The normalized spacial score (nSPS) is 10.9. The molecule has 2 rings (SSSR count). The van der Waals surface area contributed by atoms with Crippen molar-refractivity contribution in [2.45, 2.75) is 0 Å². The zero-order valence-electron chi connectivity index (χ0n) is 8.39. The van der Waals surface area contributed by atoms with Gasteiger partial charge in [-0.2, -0.15) is 5.10 Å². The van der Waals surface area contributed by atoms with Gasteiger partial charge in [-0.3, -0.25) is 5.43 Å². The summed E-state index contributed by atoms with van der Waals surface area (Å²) < 4.78 is 1.47. The van der Waals surface area contributed by atoms with Gasteiger partial charge in [0.1, 0.15) is 5.75 Å². The molecule has 0 saturated carbocycles. The van der Waals surface area contributed by atoms with Gasteiger partial charge in [-0.05, 0) is 28.1 Å². The largest absolute Gasteiger partial charge is 0.506 e. The van der Waals surface area contributed by atoms with E-state index >= 15 is 0 Å². The quantitative estimate of drug-likeness (QED) is 0.632. The zero-order chi connectivity index (χ0) is 12.3. The highest BCUT2D eigenvalue weighted by atomic mass is 79.9. The van der Waals surface area contributed by atoms with E-state index in [9.17, 15) is 5.11 Å². The van der Waals surface area contributed by atoms with Gasteiger partial charge < -0.3 is 5.11 Å². The molecule has 0 radical (unpaired) electrons. The number of thiazole rings is 1. The van der Waals surface area contributed by atoms with Crippen LogP contribution < -0.4 is 5.43 Å². The van der Waals surface area contributed by atoms with Crippen LogP contribution in [-0.4, -0.2) is 16.3 Å². The summed E-state index contributed by atoms with van der Waals surface area (Å²) in [5, 5.41) is 16.3. The minimum atomic E-state index is 0.151. The molecule has 88 valence electrons. The minimum Gasteiger partial charge on any atom is -0.506 e. The first-order chi connectivity index (χ1) is 8.16. The van der Waals surface area contributed by atoms with Gasteiger partial charge in [-0.25, -0.2) is 4.98 Å². The fourth-order valence-corrected chi connectivity index (χ4v) is 2.86. The third-order valence-corrected chi connectivity index (χ3v) is 3.59. The van der Waals surface area contributed by atoms with Gasteiger partial charge in [0.25, 0.3) is 0 Å². The molecule has 17 heavy (non-hydrogen) atoms. The fourth-order valence-electron chi connectivity index (χ4n) is 1.12. The summed E-state index contributed by atoms with van der Waals surface area (Å²) in [6.45, 7) is 0. The molecule has 2 N–H and O–H groups in total. The number of rotatable bonds is 3.